The number of likely N-dealkylation sites (N-methyl/N-ethyl adjacent to an activating group) is 1. The van der Waals surface area contributed by atoms with E-state index in [1.165, 1.54) is 0 Å². The van der Waals surface area contributed by atoms with E-state index in [1.54, 1.807) is 6.92 Å². The molecular formula is C9H16N4O2. The lowest BCUT2D eigenvalue weighted by Gasteiger charge is -2.31. The Morgan fingerprint density at radius 2 is 2.00 bits per heavy atom. The van der Waals surface area contributed by atoms with E-state index in [0.29, 0.717) is 5.95 Å². The molecule has 1 aromatic rings. The van der Waals surface area contributed by atoms with Crippen LogP contribution in [0, 0.1) is 0 Å². The molecule has 2 rings (SSSR count). The van der Waals surface area contributed by atoms with Crippen molar-refractivity contribution >= 4 is 5.95 Å². The number of hydrogen-bond acceptors (Lipinski definition) is 6. The van der Waals surface area contributed by atoms with Gasteiger partial charge in [-0.3, -0.25) is 0 Å². The molecule has 1 aromatic heterocycles. The van der Waals surface area contributed by atoms with E-state index in [9.17, 15) is 5.11 Å². The molecule has 84 valence electrons. The number of aliphatic hydroxyl groups is 1. The standard InChI is InChI=1S/C9H16N4O2/c1-7(14)8-10-9(11-15-8)13-5-3-12(2)4-6-13/h7,14H,3-6H2,1-2H3. The molecule has 0 aromatic carbocycles. The van der Waals surface area contributed by atoms with Crippen LogP contribution in [0.25, 0.3) is 0 Å². The third-order valence-electron chi connectivity index (χ3n) is 2.57. The topological polar surface area (TPSA) is 65.6 Å². The summed E-state index contributed by atoms with van der Waals surface area (Å²) in [4.78, 5) is 8.46. The molecule has 1 aliphatic heterocycles. The van der Waals surface area contributed by atoms with Crippen molar-refractivity contribution in [3.05, 3.63) is 5.89 Å². The van der Waals surface area contributed by atoms with Crippen LogP contribution in [0.4, 0.5) is 5.95 Å². The summed E-state index contributed by atoms with van der Waals surface area (Å²) in [6, 6.07) is 0. The molecule has 1 aliphatic rings. The molecule has 0 radical (unpaired) electrons. The molecule has 0 aliphatic carbocycles. The van der Waals surface area contributed by atoms with Crippen LogP contribution < -0.4 is 4.90 Å². The molecule has 2 heterocycles. The van der Waals surface area contributed by atoms with Gasteiger partial charge in [0.25, 0.3) is 11.8 Å². The third-order valence-corrected chi connectivity index (χ3v) is 2.57. The summed E-state index contributed by atoms with van der Waals surface area (Å²) >= 11 is 0. The normalized spacial score (nSPS) is 20.6. The van der Waals surface area contributed by atoms with Crippen molar-refractivity contribution in [2.45, 2.75) is 13.0 Å². The van der Waals surface area contributed by atoms with Crippen LogP contribution in [0.2, 0.25) is 0 Å². The Kier molecular flexibility index (Phi) is 2.88. The number of nitrogens with zero attached hydrogens (tertiary/aromatic N) is 4. The molecule has 1 fully saturated rings. The molecule has 0 spiro atoms. The molecule has 1 unspecified atom stereocenters. The maximum atomic E-state index is 9.25. The molecule has 6 heteroatoms. The van der Waals surface area contributed by atoms with E-state index < -0.39 is 6.10 Å². The molecule has 15 heavy (non-hydrogen) atoms. The van der Waals surface area contributed by atoms with Crippen LogP contribution in [0.15, 0.2) is 4.52 Å². The summed E-state index contributed by atoms with van der Waals surface area (Å²) < 4.78 is 4.94. The highest BCUT2D eigenvalue weighted by atomic mass is 16.5. The summed E-state index contributed by atoms with van der Waals surface area (Å²) in [5.74, 6) is 0.864. The number of anilines is 1. The maximum Gasteiger partial charge on any atom is 0.266 e. The fraction of sp³-hybridized carbons (Fsp3) is 0.778. The maximum absolute atomic E-state index is 9.25. The average Bonchev–Trinajstić information content (AvgIpc) is 2.68. The van der Waals surface area contributed by atoms with Crippen molar-refractivity contribution in [1.29, 1.82) is 0 Å². The van der Waals surface area contributed by atoms with E-state index >= 15 is 0 Å². The Bertz CT molecular complexity index is 318. The first kappa shape index (κ1) is 10.4. The first-order valence-corrected chi connectivity index (χ1v) is 5.12. The number of hydrogen-bond donors (Lipinski definition) is 1. The Balaban J connectivity index is 2.03. The van der Waals surface area contributed by atoms with Crippen LogP contribution >= 0.6 is 0 Å². The lowest BCUT2D eigenvalue weighted by Crippen LogP contribution is -2.44. The van der Waals surface area contributed by atoms with Gasteiger partial charge < -0.3 is 19.4 Å². The Morgan fingerprint density at radius 1 is 1.33 bits per heavy atom. The van der Waals surface area contributed by atoms with Crippen LogP contribution in [0.3, 0.4) is 0 Å². The van der Waals surface area contributed by atoms with Gasteiger partial charge in [0, 0.05) is 26.2 Å². The second-order valence-electron chi connectivity index (χ2n) is 3.90. The largest absolute Gasteiger partial charge is 0.384 e. The zero-order valence-corrected chi connectivity index (χ0v) is 9.05. The van der Waals surface area contributed by atoms with Gasteiger partial charge in [0.15, 0.2) is 0 Å². The van der Waals surface area contributed by atoms with E-state index in [2.05, 4.69) is 27.0 Å². The van der Waals surface area contributed by atoms with Gasteiger partial charge in [0.05, 0.1) is 0 Å². The first-order valence-electron chi connectivity index (χ1n) is 5.12. The zero-order valence-electron chi connectivity index (χ0n) is 9.05. The highest BCUT2D eigenvalue weighted by molar-refractivity contribution is 5.28. The van der Waals surface area contributed by atoms with E-state index in [4.69, 9.17) is 4.52 Å². The zero-order chi connectivity index (χ0) is 10.8. The highest BCUT2D eigenvalue weighted by Crippen LogP contribution is 2.15. The van der Waals surface area contributed by atoms with Gasteiger partial charge in [0.2, 0.25) is 0 Å². The van der Waals surface area contributed by atoms with Gasteiger partial charge in [0.1, 0.15) is 6.10 Å². The molecule has 1 atom stereocenters. The quantitative estimate of drug-likeness (QED) is 0.737. The van der Waals surface area contributed by atoms with Crippen molar-refractivity contribution in [2.24, 2.45) is 0 Å². The fourth-order valence-electron chi connectivity index (χ4n) is 1.53. The molecular weight excluding hydrogens is 196 g/mol. The monoisotopic (exact) mass is 212 g/mol. The molecule has 0 saturated carbocycles. The SMILES string of the molecule is CC(O)c1nc(N2CCN(C)CC2)no1. The van der Waals surface area contributed by atoms with Crippen molar-refractivity contribution in [3.8, 4) is 0 Å². The highest BCUT2D eigenvalue weighted by Gasteiger charge is 2.20. The van der Waals surface area contributed by atoms with Gasteiger partial charge >= 0.3 is 0 Å². The number of rotatable bonds is 2. The lowest BCUT2D eigenvalue weighted by atomic mass is 10.3. The Labute approximate surface area is 88.5 Å². The lowest BCUT2D eigenvalue weighted by molar-refractivity contribution is 0.152. The predicted molar refractivity (Wildman–Crippen MR) is 54.6 cm³/mol. The summed E-state index contributed by atoms with van der Waals surface area (Å²) in [7, 11) is 2.09. The summed E-state index contributed by atoms with van der Waals surface area (Å²) in [6.07, 6.45) is -0.696. The van der Waals surface area contributed by atoms with Crippen LogP contribution in [0.5, 0.6) is 0 Å². The molecule has 0 bridgehead atoms. The van der Waals surface area contributed by atoms with Gasteiger partial charge in [-0.15, -0.1) is 0 Å². The molecule has 1 saturated heterocycles. The third kappa shape index (κ3) is 2.27. The van der Waals surface area contributed by atoms with Gasteiger partial charge in [-0.25, -0.2) is 0 Å². The minimum absolute atomic E-state index is 0.281. The average molecular weight is 212 g/mol. The number of piperazine rings is 1. The van der Waals surface area contributed by atoms with Gasteiger partial charge in [-0.2, -0.15) is 4.98 Å². The summed E-state index contributed by atoms with van der Waals surface area (Å²) in [6.45, 7) is 5.41. The molecule has 1 N–H and O–H groups in total. The number of aromatic nitrogens is 2. The Hall–Kier alpha value is -1.14. The van der Waals surface area contributed by atoms with Crippen LogP contribution in [-0.4, -0.2) is 53.4 Å². The second-order valence-corrected chi connectivity index (χ2v) is 3.90. The van der Waals surface area contributed by atoms with Crippen molar-refractivity contribution in [3.63, 3.8) is 0 Å². The van der Waals surface area contributed by atoms with Gasteiger partial charge in [-0.1, -0.05) is 0 Å². The van der Waals surface area contributed by atoms with Crippen molar-refractivity contribution in [1.82, 2.24) is 15.0 Å². The molecule has 6 nitrogen and oxygen atoms in total. The second kappa shape index (κ2) is 4.16. The molecule has 0 amide bonds. The summed E-state index contributed by atoms with van der Waals surface area (Å²) in [5.41, 5.74) is 0. The predicted octanol–water partition coefficient (Wildman–Crippen LogP) is -0.125. The minimum Gasteiger partial charge on any atom is -0.384 e. The Morgan fingerprint density at radius 3 is 2.53 bits per heavy atom. The smallest absolute Gasteiger partial charge is 0.266 e. The van der Waals surface area contributed by atoms with E-state index in [0.717, 1.165) is 26.2 Å². The van der Waals surface area contributed by atoms with Crippen molar-refractivity contribution < 1.29 is 9.63 Å². The van der Waals surface area contributed by atoms with E-state index in [-0.39, 0.29) is 5.89 Å². The van der Waals surface area contributed by atoms with Crippen molar-refractivity contribution in [2.75, 3.05) is 38.1 Å². The van der Waals surface area contributed by atoms with E-state index in [1.807, 2.05) is 0 Å². The number of aliphatic hydroxyl groups excluding tert-OH is 1. The van der Waals surface area contributed by atoms with Gasteiger partial charge in [-0.05, 0) is 19.1 Å². The first-order chi connectivity index (χ1) is 7.16. The summed E-state index contributed by atoms with van der Waals surface area (Å²) in [5, 5.41) is 13.1. The minimum atomic E-state index is -0.696. The van der Waals surface area contributed by atoms with Crippen LogP contribution in [-0.2, 0) is 0 Å². The van der Waals surface area contributed by atoms with Crippen LogP contribution in [0.1, 0.15) is 18.9 Å². The fourth-order valence-corrected chi connectivity index (χ4v) is 1.53.